The number of carboxylic acids is 2. The highest BCUT2D eigenvalue weighted by atomic mass is 35.5. The number of carbonyl (C=O) groups excluding carboxylic acids is 2. The molecule has 4 aromatic rings. The van der Waals surface area contributed by atoms with Crippen molar-refractivity contribution in [3.05, 3.63) is 101 Å². The molecule has 0 spiro atoms. The zero-order valence-electron chi connectivity index (χ0n) is 22.0. The molecule has 0 aliphatic carbocycles. The number of hydrogen-bond donors (Lipinski definition) is 4. The van der Waals surface area contributed by atoms with Crippen LogP contribution in [-0.4, -0.2) is 56.4 Å². The summed E-state index contributed by atoms with van der Waals surface area (Å²) in [6.07, 6.45) is -0.268. The van der Waals surface area contributed by atoms with E-state index in [9.17, 15) is 29.4 Å². The molecular formula is C29H26ClN5O7. The molecule has 13 heteroatoms. The van der Waals surface area contributed by atoms with Gasteiger partial charge in [-0.15, -0.1) is 12.4 Å². The molecule has 0 bridgehead atoms. The molecule has 6 N–H and O–H groups in total. The zero-order valence-corrected chi connectivity index (χ0v) is 22.8. The number of carbonyl (C=O) groups is 4. The number of nitrogens with two attached hydrogens (primary N) is 2. The Morgan fingerprint density at radius 2 is 1.55 bits per heavy atom. The zero-order chi connectivity index (χ0) is 29.5. The maximum Gasteiger partial charge on any atom is 0.343 e. The van der Waals surface area contributed by atoms with Crippen molar-refractivity contribution >= 4 is 58.8 Å². The number of guanidine groups is 1. The number of benzene rings is 3. The SMILES string of the molecule is Cl.NC(N)=Nc1ccc(C(=O)Oc2ccc3nc(C(=O)N(CC(=O)O)Cc4ccccc4CC(=O)O)ccc3c2)cc1. The summed E-state index contributed by atoms with van der Waals surface area (Å²) in [5.74, 6) is -3.38. The van der Waals surface area contributed by atoms with Gasteiger partial charge >= 0.3 is 17.9 Å². The molecule has 1 aromatic heterocycles. The maximum absolute atomic E-state index is 13.3. The lowest BCUT2D eigenvalue weighted by molar-refractivity contribution is -0.138. The lowest BCUT2D eigenvalue weighted by atomic mass is 10.0. The van der Waals surface area contributed by atoms with Crippen molar-refractivity contribution in [3.63, 3.8) is 0 Å². The van der Waals surface area contributed by atoms with Gasteiger partial charge in [-0.3, -0.25) is 14.4 Å². The topological polar surface area (TPSA) is 198 Å². The highest BCUT2D eigenvalue weighted by molar-refractivity contribution is 5.97. The molecule has 0 saturated carbocycles. The van der Waals surface area contributed by atoms with Gasteiger partial charge in [0.05, 0.1) is 23.2 Å². The number of aliphatic imine (C=N–C) groups is 1. The largest absolute Gasteiger partial charge is 0.481 e. The van der Waals surface area contributed by atoms with Crippen LogP contribution in [0.4, 0.5) is 5.69 Å². The fourth-order valence-electron chi connectivity index (χ4n) is 4.05. The smallest absolute Gasteiger partial charge is 0.343 e. The van der Waals surface area contributed by atoms with Gasteiger partial charge in [-0.25, -0.2) is 14.8 Å². The monoisotopic (exact) mass is 591 g/mol. The Balaban J connectivity index is 0.00000484. The maximum atomic E-state index is 13.3. The Hall–Kier alpha value is -5.49. The molecular weight excluding hydrogens is 566 g/mol. The molecule has 12 nitrogen and oxygen atoms in total. The highest BCUT2D eigenvalue weighted by Crippen LogP contribution is 2.23. The molecule has 1 amide bonds. The fraction of sp³-hybridized carbons (Fsp3) is 0.103. The standard InChI is InChI=1S/C29H25N5O7.ClH/c30-29(31)32-21-8-5-17(6-9-21)28(40)41-22-10-12-23-19(13-22)7-11-24(33-23)27(39)34(16-26(37)38)15-20-4-2-1-3-18(20)14-25(35)36;/h1-13H,14-16H2,(H,35,36)(H,37,38)(H4,30,31,32);1H. The quantitative estimate of drug-likeness (QED) is 0.0919. The summed E-state index contributed by atoms with van der Waals surface area (Å²) in [7, 11) is 0. The number of nitrogens with zero attached hydrogens (tertiary/aromatic N) is 3. The molecule has 0 aliphatic rings. The van der Waals surface area contributed by atoms with E-state index in [0.29, 0.717) is 27.7 Å². The Labute approximate surface area is 245 Å². The lowest BCUT2D eigenvalue weighted by Crippen LogP contribution is -2.36. The summed E-state index contributed by atoms with van der Waals surface area (Å²) in [5.41, 5.74) is 12.9. The molecule has 0 aliphatic heterocycles. The number of carboxylic acid groups (broad SMARTS) is 2. The molecule has 0 unspecified atom stereocenters. The van der Waals surface area contributed by atoms with Gasteiger partial charge in [0.2, 0.25) is 0 Å². The number of amides is 1. The number of esters is 1. The number of halogens is 1. The van der Waals surface area contributed by atoms with Gasteiger partial charge in [0.25, 0.3) is 5.91 Å². The first-order chi connectivity index (χ1) is 19.6. The summed E-state index contributed by atoms with van der Waals surface area (Å²) in [5, 5.41) is 19.2. The fourth-order valence-corrected chi connectivity index (χ4v) is 4.05. The minimum atomic E-state index is -1.23. The van der Waals surface area contributed by atoms with E-state index in [0.717, 1.165) is 4.90 Å². The van der Waals surface area contributed by atoms with E-state index in [1.54, 1.807) is 54.6 Å². The number of hydrogen-bond acceptors (Lipinski definition) is 7. The Bertz CT molecular complexity index is 1670. The number of aliphatic carboxylic acids is 2. The van der Waals surface area contributed by atoms with Crippen molar-refractivity contribution in [3.8, 4) is 5.75 Å². The van der Waals surface area contributed by atoms with E-state index < -0.39 is 30.4 Å². The molecule has 42 heavy (non-hydrogen) atoms. The van der Waals surface area contributed by atoms with Crippen molar-refractivity contribution in [1.29, 1.82) is 0 Å². The predicted molar refractivity (Wildman–Crippen MR) is 156 cm³/mol. The number of aromatic nitrogens is 1. The number of ether oxygens (including phenoxy) is 1. The van der Waals surface area contributed by atoms with Crippen LogP contribution in [0.25, 0.3) is 10.9 Å². The molecule has 4 rings (SSSR count). The van der Waals surface area contributed by atoms with E-state index in [-0.39, 0.29) is 48.3 Å². The minimum absolute atomic E-state index is 0. The second-order valence-corrected chi connectivity index (χ2v) is 8.92. The molecule has 216 valence electrons. The first-order valence-corrected chi connectivity index (χ1v) is 12.2. The third-order valence-electron chi connectivity index (χ3n) is 5.89. The molecule has 0 saturated heterocycles. The van der Waals surface area contributed by atoms with Gasteiger partial charge in [0.1, 0.15) is 18.0 Å². The first-order valence-electron chi connectivity index (χ1n) is 12.2. The average Bonchev–Trinajstić information content (AvgIpc) is 2.92. The van der Waals surface area contributed by atoms with Gasteiger partial charge in [-0.2, -0.15) is 0 Å². The van der Waals surface area contributed by atoms with Crippen LogP contribution in [0.5, 0.6) is 5.75 Å². The number of fused-ring (bicyclic) bond motifs is 1. The third kappa shape index (κ3) is 8.02. The molecule has 1 heterocycles. The van der Waals surface area contributed by atoms with E-state index in [2.05, 4.69) is 9.98 Å². The average molecular weight is 592 g/mol. The predicted octanol–water partition coefficient (Wildman–Crippen LogP) is 3.13. The summed E-state index contributed by atoms with van der Waals surface area (Å²) in [6.45, 7) is -0.724. The second-order valence-electron chi connectivity index (χ2n) is 8.92. The Morgan fingerprint density at radius 1 is 0.857 bits per heavy atom. The molecule has 0 fully saturated rings. The van der Waals surface area contributed by atoms with Crippen molar-refractivity contribution in [2.45, 2.75) is 13.0 Å². The van der Waals surface area contributed by atoms with Gasteiger partial charge in [-0.1, -0.05) is 30.3 Å². The van der Waals surface area contributed by atoms with Gasteiger partial charge in [-0.05, 0) is 59.7 Å². The van der Waals surface area contributed by atoms with Crippen molar-refractivity contribution in [1.82, 2.24) is 9.88 Å². The van der Waals surface area contributed by atoms with Gasteiger partial charge in [0, 0.05) is 11.9 Å². The summed E-state index contributed by atoms with van der Waals surface area (Å²) < 4.78 is 5.46. The van der Waals surface area contributed by atoms with Crippen LogP contribution in [0.1, 0.15) is 32.0 Å². The normalized spacial score (nSPS) is 10.3. The second kappa shape index (κ2) is 13.7. The van der Waals surface area contributed by atoms with Crippen molar-refractivity contribution < 1.29 is 34.1 Å². The van der Waals surface area contributed by atoms with Crippen LogP contribution >= 0.6 is 12.4 Å². The van der Waals surface area contributed by atoms with Crippen LogP contribution in [0.3, 0.4) is 0 Å². The third-order valence-corrected chi connectivity index (χ3v) is 5.89. The number of pyridine rings is 1. The van der Waals surface area contributed by atoms with Crippen LogP contribution in [0, 0.1) is 0 Å². The van der Waals surface area contributed by atoms with Crippen LogP contribution < -0.4 is 16.2 Å². The summed E-state index contributed by atoms with van der Waals surface area (Å²) >= 11 is 0. The number of rotatable bonds is 10. The van der Waals surface area contributed by atoms with Crippen molar-refractivity contribution in [2.24, 2.45) is 16.5 Å². The Kier molecular flexibility index (Phi) is 10.1. The highest BCUT2D eigenvalue weighted by Gasteiger charge is 2.22. The van der Waals surface area contributed by atoms with Gasteiger partial charge < -0.3 is 31.3 Å². The summed E-state index contributed by atoms with van der Waals surface area (Å²) in [6, 6.07) is 20.5. The van der Waals surface area contributed by atoms with E-state index >= 15 is 0 Å². The first kappa shape index (κ1) is 31.0. The van der Waals surface area contributed by atoms with Crippen molar-refractivity contribution in [2.75, 3.05) is 6.54 Å². The van der Waals surface area contributed by atoms with Crippen LogP contribution in [-0.2, 0) is 22.6 Å². The molecule has 3 aromatic carbocycles. The minimum Gasteiger partial charge on any atom is -0.481 e. The molecule has 0 atom stereocenters. The van der Waals surface area contributed by atoms with Crippen LogP contribution in [0.15, 0.2) is 83.9 Å². The van der Waals surface area contributed by atoms with Gasteiger partial charge in [0.15, 0.2) is 5.96 Å². The lowest BCUT2D eigenvalue weighted by Gasteiger charge is -2.22. The Morgan fingerprint density at radius 3 is 2.19 bits per heavy atom. The summed E-state index contributed by atoms with van der Waals surface area (Å²) in [4.78, 5) is 58.0. The molecule has 0 radical (unpaired) electrons. The van der Waals surface area contributed by atoms with Crippen LogP contribution in [0.2, 0.25) is 0 Å². The van der Waals surface area contributed by atoms with E-state index in [1.165, 1.54) is 24.3 Å². The van der Waals surface area contributed by atoms with E-state index in [4.69, 9.17) is 16.2 Å². The van der Waals surface area contributed by atoms with E-state index in [1.807, 2.05) is 0 Å².